The van der Waals surface area contributed by atoms with Crippen LogP contribution in [0.5, 0.6) is 0 Å². The van der Waals surface area contributed by atoms with Crippen LogP contribution in [0.2, 0.25) is 0 Å². The van der Waals surface area contributed by atoms with Crippen molar-refractivity contribution in [2.24, 2.45) is 0 Å². The number of aliphatic hydroxyl groups is 1. The molecule has 1 aliphatic rings. The van der Waals surface area contributed by atoms with Gasteiger partial charge in [0.1, 0.15) is 0 Å². The lowest BCUT2D eigenvalue weighted by Gasteiger charge is -2.34. The zero-order chi connectivity index (χ0) is 11.6. The highest BCUT2D eigenvalue weighted by Gasteiger charge is 2.31. The maximum absolute atomic E-state index is 10.3. The second-order valence-electron chi connectivity index (χ2n) is 4.21. The minimum atomic E-state index is -0.720. The normalized spacial score (nSPS) is 19.6. The molecular formula is C9H17N5O2. The van der Waals surface area contributed by atoms with Crippen LogP contribution in [0.1, 0.15) is 12.8 Å². The van der Waals surface area contributed by atoms with Crippen LogP contribution in [0.3, 0.4) is 0 Å². The van der Waals surface area contributed by atoms with Gasteiger partial charge in [0.05, 0.1) is 5.60 Å². The Balaban J connectivity index is 1.98. The first-order valence-electron chi connectivity index (χ1n) is 5.28. The van der Waals surface area contributed by atoms with Gasteiger partial charge in [0.25, 0.3) is 0 Å². The molecule has 7 heteroatoms. The van der Waals surface area contributed by atoms with Crippen molar-refractivity contribution < 1.29 is 9.84 Å². The Kier molecular flexibility index (Phi) is 2.97. The lowest BCUT2D eigenvalue weighted by atomic mass is 9.94. The number of hydrogen-bond donors (Lipinski definition) is 3. The molecule has 4 N–H and O–H groups in total. The van der Waals surface area contributed by atoms with Crippen molar-refractivity contribution in [3.8, 4) is 0 Å². The number of anilines is 2. The third-order valence-electron chi connectivity index (χ3n) is 2.79. The molecule has 1 aromatic rings. The van der Waals surface area contributed by atoms with Gasteiger partial charge in [-0.05, 0) is 0 Å². The smallest absolute Gasteiger partial charge is 0.246 e. The van der Waals surface area contributed by atoms with Crippen molar-refractivity contribution in [2.75, 3.05) is 37.4 Å². The van der Waals surface area contributed by atoms with Gasteiger partial charge < -0.3 is 20.5 Å². The molecule has 0 aliphatic carbocycles. The second-order valence-corrected chi connectivity index (χ2v) is 4.21. The molecule has 90 valence electrons. The summed E-state index contributed by atoms with van der Waals surface area (Å²) in [5.41, 5.74) is 4.72. The van der Waals surface area contributed by atoms with Crippen molar-refractivity contribution >= 4 is 11.9 Å². The van der Waals surface area contributed by atoms with Gasteiger partial charge in [0.15, 0.2) is 0 Å². The average molecular weight is 227 g/mol. The number of aromatic nitrogens is 3. The van der Waals surface area contributed by atoms with Gasteiger partial charge in [-0.25, -0.2) is 5.10 Å². The fourth-order valence-electron chi connectivity index (χ4n) is 1.86. The molecule has 16 heavy (non-hydrogen) atoms. The summed E-state index contributed by atoms with van der Waals surface area (Å²) in [4.78, 5) is 5.79. The molecule has 0 saturated carbocycles. The Morgan fingerprint density at radius 2 is 2.25 bits per heavy atom. The van der Waals surface area contributed by atoms with Crippen LogP contribution < -0.4 is 10.6 Å². The molecule has 1 aromatic heterocycles. The summed E-state index contributed by atoms with van der Waals surface area (Å²) in [7, 11) is 1.83. The first-order valence-corrected chi connectivity index (χ1v) is 5.28. The number of likely N-dealkylation sites (N-methyl/N-ethyl adjacent to an activating group) is 1. The van der Waals surface area contributed by atoms with E-state index in [1.54, 1.807) is 4.90 Å². The molecule has 7 nitrogen and oxygen atoms in total. The zero-order valence-corrected chi connectivity index (χ0v) is 9.31. The first-order chi connectivity index (χ1) is 7.59. The fraction of sp³-hybridized carbons (Fsp3) is 0.778. The van der Waals surface area contributed by atoms with Gasteiger partial charge >= 0.3 is 0 Å². The maximum Gasteiger partial charge on any atom is 0.246 e. The highest BCUT2D eigenvalue weighted by atomic mass is 16.5. The summed E-state index contributed by atoms with van der Waals surface area (Å²) in [5.74, 6) is 0.776. The van der Waals surface area contributed by atoms with Crippen LogP contribution >= 0.6 is 0 Å². The standard InChI is InChI=1S/C9H17N5O2/c1-14(8-11-7(10)12-13-8)6-9(15)2-4-16-5-3-9/h15H,2-6H2,1H3,(H3,10,11,12,13). The summed E-state index contributed by atoms with van der Waals surface area (Å²) in [6, 6.07) is 0. The molecule has 1 fully saturated rings. The van der Waals surface area contributed by atoms with Gasteiger partial charge in [-0.15, -0.1) is 5.10 Å². The summed E-state index contributed by atoms with van der Waals surface area (Å²) < 4.78 is 5.22. The number of nitrogens with one attached hydrogen (secondary N) is 1. The molecular weight excluding hydrogens is 210 g/mol. The van der Waals surface area contributed by atoms with Crippen LogP contribution in [0.4, 0.5) is 11.9 Å². The van der Waals surface area contributed by atoms with Gasteiger partial charge in [-0.1, -0.05) is 0 Å². The number of H-pyrrole nitrogens is 1. The zero-order valence-electron chi connectivity index (χ0n) is 9.31. The van der Waals surface area contributed by atoms with E-state index in [0.29, 0.717) is 38.5 Å². The summed E-state index contributed by atoms with van der Waals surface area (Å²) >= 11 is 0. The van der Waals surface area contributed by atoms with E-state index >= 15 is 0 Å². The highest BCUT2D eigenvalue weighted by Crippen LogP contribution is 2.22. The van der Waals surface area contributed by atoms with Crippen molar-refractivity contribution in [3.05, 3.63) is 0 Å². The number of nitrogen functional groups attached to an aromatic ring is 1. The van der Waals surface area contributed by atoms with Gasteiger partial charge in [-0.2, -0.15) is 4.98 Å². The Labute approximate surface area is 93.6 Å². The number of aromatic amines is 1. The molecule has 2 heterocycles. The molecule has 0 unspecified atom stereocenters. The van der Waals surface area contributed by atoms with E-state index in [1.165, 1.54) is 0 Å². The van der Waals surface area contributed by atoms with Gasteiger partial charge in [0.2, 0.25) is 11.9 Å². The predicted molar refractivity (Wildman–Crippen MR) is 59.1 cm³/mol. The number of ether oxygens (including phenoxy) is 1. The molecule has 0 radical (unpaired) electrons. The average Bonchev–Trinajstić information content (AvgIpc) is 2.65. The quantitative estimate of drug-likeness (QED) is 0.635. The molecule has 0 spiro atoms. The topological polar surface area (TPSA) is 100 Å². The minimum absolute atomic E-state index is 0.279. The Hall–Kier alpha value is -1.34. The van der Waals surface area contributed by atoms with E-state index in [4.69, 9.17) is 10.5 Å². The molecule has 2 rings (SSSR count). The van der Waals surface area contributed by atoms with E-state index in [9.17, 15) is 5.11 Å². The van der Waals surface area contributed by atoms with Crippen molar-refractivity contribution in [1.82, 2.24) is 15.2 Å². The molecule has 0 bridgehead atoms. The van der Waals surface area contributed by atoms with Gasteiger partial charge in [-0.3, -0.25) is 0 Å². The van der Waals surface area contributed by atoms with Crippen LogP contribution in [-0.4, -0.2) is 52.7 Å². The number of nitrogens with two attached hydrogens (primary N) is 1. The van der Waals surface area contributed by atoms with Crippen LogP contribution in [0, 0.1) is 0 Å². The van der Waals surface area contributed by atoms with Crippen LogP contribution in [-0.2, 0) is 4.74 Å². The Morgan fingerprint density at radius 3 is 2.81 bits per heavy atom. The summed E-state index contributed by atoms with van der Waals surface area (Å²) in [6.07, 6.45) is 1.27. The fourth-order valence-corrected chi connectivity index (χ4v) is 1.86. The van der Waals surface area contributed by atoms with E-state index in [0.717, 1.165) is 0 Å². The van der Waals surface area contributed by atoms with E-state index in [1.807, 2.05) is 7.05 Å². The van der Waals surface area contributed by atoms with Crippen molar-refractivity contribution in [1.29, 1.82) is 0 Å². The third-order valence-corrected chi connectivity index (χ3v) is 2.79. The lowest BCUT2D eigenvalue weighted by Crippen LogP contribution is -2.46. The third kappa shape index (κ3) is 2.42. The maximum atomic E-state index is 10.3. The Morgan fingerprint density at radius 1 is 1.56 bits per heavy atom. The molecule has 0 amide bonds. The number of hydrogen-bond acceptors (Lipinski definition) is 6. The van der Waals surface area contributed by atoms with Crippen LogP contribution in [0.25, 0.3) is 0 Å². The molecule has 0 atom stereocenters. The lowest BCUT2D eigenvalue weighted by molar-refractivity contribution is -0.0573. The highest BCUT2D eigenvalue weighted by molar-refractivity contribution is 5.33. The van der Waals surface area contributed by atoms with Crippen LogP contribution in [0.15, 0.2) is 0 Å². The molecule has 0 aromatic carbocycles. The Bertz CT molecular complexity index is 347. The summed E-state index contributed by atoms with van der Waals surface area (Å²) in [5, 5.41) is 16.8. The number of nitrogens with zero attached hydrogens (tertiary/aromatic N) is 3. The monoisotopic (exact) mass is 227 g/mol. The van der Waals surface area contributed by atoms with Crippen molar-refractivity contribution in [2.45, 2.75) is 18.4 Å². The van der Waals surface area contributed by atoms with Gasteiger partial charge in [0, 0.05) is 39.6 Å². The van der Waals surface area contributed by atoms with E-state index in [2.05, 4.69) is 15.2 Å². The SMILES string of the molecule is CN(CC1(O)CCOCC1)c1n[nH]c(N)n1. The molecule has 1 saturated heterocycles. The number of rotatable bonds is 3. The van der Waals surface area contributed by atoms with Crippen molar-refractivity contribution in [3.63, 3.8) is 0 Å². The predicted octanol–water partition coefficient (Wildman–Crippen LogP) is -0.635. The van der Waals surface area contributed by atoms with E-state index in [-0.39, 0.29) is 5.95 Å². The van der Waals surface area contributed by atoms with E-state index < -0.39 is 5.60 Å². The molecule has 1 aliphatic heterocycles. The summed E-state index contributed by atoms with van der Waals surface area (Å²) in [6.45, 7) is 1.68. The largest absolute Gasteiger partial charge is 0.388 e. The minimum Gasteiger partial charge on any atom is -0.388 e. The first kappa shape index (κ1) is 11.2. The second kappa shape index (κ2) is 4.26.